The van der Waals surface area contributed by atoms with Crippen LogP contribution in [-0.4, -0.2) is 24.5 Å². The SMILES string of the molecule is O=C(NCc1ccc(C(F)(F)F)cc1)C1CN(c2ccc(Cl)cc2)C(=O)N1. The first kappa shape index (κ1) is 19.0. The molecule has 3 rings (SSSR count). The first-order chi connectivity index (χ1) is 12.7. The summed E-state index contributed by atoms with van der Waals surface area (Å²) in [6, 6.07) is 9.98. The molecule has 5 nitrogen and oxygen atoms in total. The van der Waals surface area contributed by atoms with Crippen molar-refractivity contribution in [1.29, 1.82) is 0 Å². The Kier molecular flexibility index (Phi) is 5.27. The number of carbonyl (C=O) groups is 2. The lowest BCUT2D eigenvalue weighted by Gasteiger charge is -2.15. The summed E-state index contributed by atoms with van der Waals surface area (Å²) >= 11 is 5.82. The predicted octanol–water partition coefficient (Wildman–Crippen LogP) is 3.57. The normalized spacial score (nSPS) is 17.0. The Balaban J connectivity index is 1.57. The number of hydrogen-bond donors (Lipinski definition) is 2. The van der Waals surface area contributed by atoms with Crippen molar-refractivity contribution in [2.45, 2.75) is 18.8 Å². The van der Waals surface area contributed by atoms with Crippen LogP contribution in [0.5, 0.6) is 0 Å². The minimum Gasteiger partial charge on any atom is -0.350 e. The first-order valence-electron chi connectivity index (χ1n) is 8.01. The third-order valence-electron chi connectivity index (χ3n) is 4.11. The molecule has 2 N–H and O–H groups in total. The number of alkyl halides is 3. The van der Waals surface area contributed by atoms with Crippen molar-refractivity contribution in [3.05, 3.63) is 64.7 Å². The van der Waals surface area contributed by atoms with E-state index < -0.39 is 29.7 Å². The summed E-state index contributed by atoms with van der Waals surface area (Å²) in [5.41, 5.74) is 0.379. The molecule has 1 aliphatic heterocycles. The van der Waals surface area contributed by atoms with Crippen molar-refractivity contribution in [3.8, 4) is 0 Å². The summed E-state index contributed by atoms with van der Waals surface area (Å²) in [4.78, 5) is 25.8. The maximum atomic E-state index is 12.6. The number of nitrogens with one attached hydrogen (secondary N) is 2. The van der Waals surface area contributed by atoms with Crippen LogP contribution in [0, 0.1) is 0 Å². The van der Waals surface area contributed by atoms with Gasteiger partial charge in [-0.3, -0.25) is 9.69 Å². The summed E-state index contributed by atoms with van der Waals surface area (Å²) in [5, 5.41) is 5.73. The highest BCUT2D eigenvalue weighted by atomic mass is 35.5. The average Bonchev–Trinajstić information content (AvgIpc) is 3.02. The molecule has 0 bridgehead atoms. The second-order valence-electron chi connectivity index (χ2n) is 6.00. The van der Waals surface area contributed by atoms with E-state index in [0.29, 0.717) is 16.3 Å². The van der Waals surface area contributed by atoms with Gasteiger partial charge in [-0.1, -0.05) is 23.7 Å². The molecule has 2 aromatic carbocycles. The molecule has 3 amide bonds. The van der Waals surface area contributed by atoms with Crippen molar-refractivity contribution in [2.24, 2.45) is 0 Å². The zero-order chi connectivity index (χ0) is 19.6. The maximum Gasteiger partial charge on any atom is 0.416 e. The van der Waals surface area contributed by atoms with Crippen LogP contribution in [0.15, 0.2) is 48.5 Å². The van der Waals surface area contributed by atoms with Crippen LogP contribution >= 0.6 is 11.6 Å². The highest BCUT2D eigenvalue weighted by molar-refractivity contribution is 6.30. The molecule has 1 saturated heterocycles. The second kappa shape index (κ2) is 7.48. The van der Waals surface area contributed by atoms with Gasteiger partial charge in [-0.2, -0.15) is 13.2 Å². The van der Waals surface area contributed by atoms with Gasteiger partial charge in [0.15, 0.2) is 0 Å². The molecule has 1 fully saturated rings. The van der Waals surface area contributed by atoms with Crippen molar-refractivity contribution < 1.29 is 22.8 Å². The Hall–Kier alpha value is -2.74. The summed E-state index contributed by atoms with van der Waals surface area (Å²) in [7, 11) is 0. The highest BCUT2D eigenvalue weighted by Crippen LogP contribution is 2.29. The molecule has 0 aromatic heterocycles. The number of benzene rings is 2. The molecule has 142 valence electrons. The van der Waals surface area contributed by atoms with Crippen LogP contribution in [0.2, 0.25) is 5.02 Å². The topological polar surface area (TPSA) is 61.4 Å². The van der Waals surface area contributed by atoms with E-state index in [1.165, 1.54) is 17.0 Å². The fourth-order valence-corrected chi connectivity index (χ4v) is 2.78. The Morgan fingerprint density at radius 1 is 1.15 bits per heavy atom. The molecule has 1 unspecified atom stereocenters. The zero-order valence-electron chi connectivity index (χ0n) is 13.9. The number of urea groups is 1. The molecule has 2 aromatic rings. The second-order valence-corrected chi connectivity index (χ2v) is 6.44. The molecule has 1 heterocycles. The predicted molar refractivity (Wildman–Crippen MR) is 94.4 cm³/mol. The Labute approximate surface area is 158 Å². The standard InChI is InChI=1S/C18H15ClF3N3O2/c19-13-5-7-14(8-6-13)25-10-15(24-17(25)27)16(26)23-9-11-1-3-12(4-2-11)18(20,21)22/h1-8,15H,9-10H2,(H,23,26)(H,24,27). The Bertz CT molecular complexity index is 838. The van der Waals surface area contributed by atoms with E-state index >= 15 is 0 Å². The molecule has 0 aliphatic carbocycles. The number of amides is 3. The molecule has 0 saturated carbocycles. The van der Waals surface area contributed by atoms with E-state index in [9.17, 15) is 22.8 Å². The van der Waals surface area contributed by atoms with Crippen molar-refractivity contribution >= 4 is 29.2 Å². The third kappa shape index (κ3) is 4.51. The maximum absolute atomic E-state index is 12.6. The van der Waals surface area contributed by atoms with Gasteiger partial charge in [-0.15, -0.1) is 0 Å². The van der Waals surface area contributed by atoms with E-state index in [-0.39, 0.29) is 13.1 Å². The number of rotatable bonds is 4. The van der Waals surface area contributed by atoms with E-state index in [1.807, 2.05) is 0 Å². The lowest BCUT2D eigenvalue weighted by molar-refractivity contribution is -0.137. The van der Waals surface area contributed by atoms with E-state index in [1.54, 1.807) is 24.3 Å². The molecule has 0 radical (unpaired) electrons. The number of halogens is 4. The average molecular weight is 398 g/mol. The first-order valence-corrected chi connectivity index (χ1v) is 8.39. The van der Waals surface area contributed by atoms with Crippen LogP contribution in [0.1, 0.15) is 11.1 Å². The summed E-state index contributed by atoms with van der Waals surface area (Å²) < 4.78 is 37.7. The summed E-state index contributed by atoms with van der Waals surface area (Å²) in [6.07, 6.45) is -4.40. The van der Waals surface area contributed by atoms with Gasteiger partial charge in [-0.05, 0) is 42.0 Å². The van der Waals surface area contributed by atoms with E-state index in [2.05, 4.69) is 10.6 Å². The zero-order valence-corrected chi connectivity index (χ0v) is 14.6. The number of carbonyl (C=O) groups excluding carboxylic acids is 2. The van der Waals surface area contributed by atoms with Crippen LogP contribution in [-0.2, 0) is 17.5 Å². The molecule has 1 atom stereocenters. The lowest BCUT2D eigenvalue weighted by Crippen LogP contribution is -2.42. The van der Waals surface area contributed by atoms with Gasteiger partial charge < -0.3 is 10.6 Å². The molecule has 0 spiro atoms. The fraction of sp³-hybridized carbons (Fsp3) is 0.222. The minimum atomic E-state index is -4.40. The largest absolute Gasteiger partial charge is 0.416 e. The summed E-state index contributed by atoms with van der Waals surface area (Å²) in [6.45, 7) is 0.198. The van der Waals surface area contributed by atoms with Crippen LogP contribution < -0.4 is 15.5 Å². The fourth-order valence-electron chi connectivity index (χ4n) is 2.65. The van der Waals surface area contributed by atoms with Crippen LogP contribution in [0.4, 0.5) is 23.7 Å². The van der Waals surface area contributed by atoms with Crippen molar-refractivity contribution in [2.75, 3.05) is 11.4 Å². The molecule has 1 aliphatic rings. The van der Waals surface area contributed by atoms with Crippen molar-refractivity contribution in [3.63, 3.8) is 0 Å². The van der Waals surface area contributed by atoms with E-state index in [0.717, 1.165) is 12.1 Å². The molecule has 27 heavy (non-hydrogen) atoms. The van der Waals surface area contributed by atoms with Gasteiger partial charge in [0.2, 0.25) is 5.91 Å². The van der Waals surface area contributed by atoms with Crippen LogP contribution in [0.25, 0.3) is 0 Å². The third-order valence-corrected chi connectivity index (χ3v) is 4.36. The number of nitrogens with zero attached hydrogens (tertiary/aromatic N) is 1. The van der Waals surface area contributed by atoms with Crippen LogP contribution in [0.3, 0.4) is 0 Å². The quantitative estimate of drug-likeness (QED) is 0.828. The molecule has 9 heteroatoms. The van der Waals surface area contributed by atoms with E-state index in [4.69, 9.17) is 11.6 Å². The molecular formula is C18H15ClF3N3O2. The lowest BCUT2D eigenvalue weighted by atomic mass is 10.1. The highest BCUT2D eigenvalue weighted by Gasteiger charge is 2.34. The minimum absolute atomic E-state index is 0.0598. The molecular weight excluding hydrogens is 383 g/mol. The van der Waals surface area contributed by atoms with Gasteiger partial charge in [0, 0.05) is 17.3 Å². The van der Waals surface area contributed by atoms with Gasteiger partial charge in [0.1, 0.15) is 6.04 Å². The Morgan fingerprint density at radius 2 is 1.78 bits per heavy atom. The number of anilines is 1. The number of hydrogen-bond acceptors (Lipinski definition) is 2. The van der Waals surface area contributed by atoms with Crippen molar-refractivity contribution in [1.82, 2.24) is 10.6 Å². The van der Waals surface area contributed by atoms with Gasteiger partial charge in [0.05, 0.1) is 12.1 Å². The van der Waals surface area contributed by atoms with Gasteiger partial charge in [-0.25, -0.2) is 4.79 Å². The monoisotopic (exact) mass is 397 g/mol. The summed E-state index contributed by atoms with van der Waals surface area (Å²) in [5.74, 6) is -0.417. The smallest absolute Gasteiger partial charge is 0.350 e. The van der Waals surface area contributed by atoms with Gasteiger partial charge in [0.25, 0.3) is 0 Å². The Morgan fingerprint density at radius 3 is 2.37 bits per heavy atom. The van der Waals surface area contributed by atoms with Gasteiger partial charge >= 0.3 is 12.2 Å².